The highest BCUT2D eigenvalue weighted by Gasteiger charge is 2.25. The highest BCUT2D eigenvalue weighted by Crippen LogP contribution is 2.18. The second kappa shape index (κ2) is 9.10. The van der Waals surface area contributed by atoms with Crippen molar-refractivity contribution in [2.45, 2.75) is 13.5 Å². The van der Waals surface area contributed by atoms with Gasteiger partial charge in [0.25, 0.3) is 5.91 Å². The van der Waals surface area contributed by atoms with Crippen LogP contribution < -0.4 is 5.43 Å². The summed E-state index contributed by atoms with van der Waals surface area (Å²) in [6, 6.07) is 14.8. The molecule has 0 bridgehead atoms. The van der Waals surface area contributed by atoms with Crippen LogP contribution in [-0.2, 0) is 6.54 Å². The second-order valence-electron chi connectivity index (χ2n) is 6.09. The van der Waals surface area contributed by atoms with Gasteiger partial charge in [-0.15, -0.1) is 0 Å². The Balaban J connectivity index is 1.79. The lowest BCUT2D eigenvalue weighted by Crippen LogP contribution is -2.21. The summed E-state index contributed by atoms with van der Waals surface area (Å²) in [5.41, 5.74) is 3.93. The number of carbonyl (C=O) groups excluding carboxylic acids is 1. The number of nitrogens with zero attached hydrogens (tertiary/aromatic N) is 4. The first-order valence-electron chi connectivity index (χ1n) is 8.40. The molecule has 0 aliphatic carbocycles. The SMILES string of the molecule is C/C(=N\NC(=O)c1nn(Cc2ccc(Br)cc2)cc1[N+](=O)[O-])c1ccc(Br)cc1. The molecule has 0 spiro atoms. The molecule has 8 nitrogen and oxygen atoms in total. The van der Waals surface area contributed by atoms with Crippen LogP contribution in [0.15, 0.2) is 68.8 Å². The fraction of sp³-hybridized carbons (Fsp3) is 0.105. The largest absolute Gasteiger partial charge is 0.320 e. The van der Waals surface area contributed by atoms with Crippen LogP contribution in [0.1, 0.15) is 28.5 Å². The Morgan fingerprint density at radius 1 is 1.14 bits per heavy atom. The molecule has 0 radical (unpaired) electrons. The van der Waals surface area contributed by atoms with E-state index >= 15 is 0 Å². The van der Waals surface area contributed by atoms with Gasteiger partial charge in [0.2, 0.25) is 5.69 Å². The van der Waals surface area contributed by atoms with Gasteiger partial charge in [-0.05, 0) is 42.3 Å². The van der Waals surface area contributed by atoms with E-state index in [-0.39, 0.29) is 11.4 Å². The van der Waals surface area contributed by atoms with Gasteiger partial charge in [0.05, 0.1) is 17.2 Å². The molecule has 29 heavy (non-hydrogen) atoms. The normalized spacial score (nSPS) is 11.3. The molecular weight excluding hydrogens is 506 g/mol. The maximum absolute atomic E-state index is 12.5. The molecule has 1 aromatic heterocycles. The number of amides is 1. The Kier molecular flexibility index (Phi) is 6.55. The van der Waals surface area contributed by atoms with E-state index < -0.39 is 10.8 Å². The maximum Gasteiger partial charge on any atom is 0.320 e. The highest BCUT2D eigenvalue weighted by atomic mass is 79.9. The molecular formula is C19H15Br2N5O3. The number of hydrogen-bond acceptors (Lipinski definition) is 5. The Morgan fingerprint density at radius 3 is 2.31 bits per heavy atom. The Morgan fingerprint density at radius 2 is 1.72 bits per heavy atom. The number of nitro groups is 1. The minimum Gasteiger partial charge on any atom is -0.265 e. The Labute approximate surface area is 183 Å². The van der Waals surface area contributed by atoms with E-state index in [0.29, 0.717) is 12.3 Å². The number of halogens is 2. The Hall–Kier alpha value is -2.85. The summed E-state index contributed by atoms with van der Waals surface area (Å²) < 4.78 is 3.21. The second-order valence-corrected chi connectivity index (χ2v) is 7.92. The molecule has 2 aromatic carbocycles. The number of aromatic nitrogens is 2. The molecule has 3 aromatic rings. The van der Waals surface area contributed by atoms with Crippen molar-refractivity contribution >= 4 is 49.2 Å². The van der Waals surface area contributed by atoms with Crippen molar-refractivity contribution in [1.82, 2.24) is 15.2 Å². The van der Waals surface area contributed by atoms with Gasteiger partial charge in [-0.3, -0.25) is 19.6 Å². The molecule has 1 N–H and O–H groups in total. The van der Waals surface area contributed by atoms with Gasteiger partial charge in [-0.1, -0.05) is 56.1 Å². The van der Waals surface area contributed by atoms with Gasteiger partial charge in [0.1, 0.15) is 6.20 Å². The van der Waals surface area contributed by atoms with E-state index in [1.54, 1.807) is 6.92 Å². The zero-order chi connectivity index (χ0) is 21.0. The van der Waals surface area contributed by atoms with Crippen LogP contribution >= 0.6 is 31.9 Å². The lowest BCUT2D eigenvalue weighted by molar-refractivity contribution is -0.385. The third-order valence-electron chi connectivity index (χ3n) is 4.00. The van der Waals surface area contributed by atoms with Crippen molar-refractivity contribution in [1.29, 1.82) is 0 Å². The molecule has 0 saturated heterocycles. The zero-order valence-electron chi connectivity index (χ0n) is 15.2. The van der Waals surface area contributed by atoms with E-state index in [9.17, 15) is 14.9 Å². The van der Waals surface area contributed by atoms with Gasteiger partial charge >= 0.3 is 5.69 Å². The van der Waals surface area contributed by atoms with Crippen molar-refractivity contribution in [2.24, 2.45) is 5.10 Å². The number of hydrogen-bond donors (Lipinski definition) is 1. The van der Waals surface area contributed by atoms with Crippen molar-refractivity contribution in [3.63, 3.8) is 0 Å². The summed E-state index contributed by atoms with van der Waals surface area (Å²) in [4.78, 5) is 23.2. The number of rotatable bonds is 6. The zero-order valence-corrected chi connectivity index (χ0v) is 18.3. The van der Waals surface area contributed by atoms with Crippen LogP contribution in [0.4, 0.5) is 5.69 Å². The summed E-state index contributed by atoms with van der Waals surface area (Å²) in [5, 5.41) is 19.5. The lowest BCUT2D eigenvalue weighted by atomic mass is 10.1. The molecule has 3 rings (SSSR count). The topological polar surface area (TPSA) is 102 Å². The lowest BCUT2D eigenvalue weighted by Gasteiger charge is -2.02. The Bertz CT molecular complexity index is 1080. The predicted molar refractivity (Wildman–Crippen MR) is 116 cm³/mol. The molecule has 0 aliphatic rings. The fourth-order valence-electron chi connectivity index (χ4n) is 2.51. The quantitative estimate of drug-likeness (QED) is 0.293. The summed E-state index contributed by atoms with van der Waals surface area (Å²) in [6.45, 7) is 2.02. The third-order valence-corrected chi connectivity index (χ3v) is 5.06. The van der Waals surface area contributed by atoms with E-state index in [1.165, 1.54) is 10.9 Å². The number of hydrazone groups is 1. The van der Waals surface area contributed by atoms with Crippen LogP contribution in [0.25, 0.3) is 0 Å². The van der Waals surface area contributed by atoms with E-state index in [0.717, 1.165) is 20.1 Å². The first kappa shape index (κ1) is 20.9. The van der Waals surface area contributed by atoms with Crippen molar-refractivity contribution < 1.29 is 9.72 Å². The van der Waals surface area contributed by atoms with Crippen LogP contribution in [0.2, 0.25) is 0 Å². The van der Waals surface area contributed by atoms with Crippen LogP contribution in [0, 0.1) is 10.1 Å². The number of carbonyl (C=O) groups is 1. The van der Waals surface area contributed by atoms with Crippen molar-refractivity contribution in [3.8, 4) is 0 Å². The summed E-state index contributed by atoms with van der Waals surface area (Å²) in [7, 11) is 0. The molecule has 0 saturated carbocycles. The summed E-state index contributed by atoms with van der Waals surface area (Å²) >= 11 is 6.71. The number of benzene rings is 2. The summed E-state index contributed by atoms with van der Waals surface area (Å²) in [5.74, 6) is -0.747. The maximum atomic E-state index is 12.5. The highest BCUT2D eigenvalue weighted by molar-refractivity contribution is 9.10. The third kappa shape index (κ3) is 5.36. The summed E-state index contributed by atoms with van der Waals surface area (Å²) in [6.07, 6.45) is 1.24. The minimum absolute atomic E-state index is 0.292. The monoisotopic (exact) mass is 519 g/mol. The molecule has 0 aliphatic heterocycles. The first-order valence-corrected chi connectivity index (χ1v) is 9.99. The van der Waals surface area contributed by atoms with Gasteiger partial charge in [-0.25, -0.2) is 5.43 Å². The van der Waals surface area contributed by atoms with Gasteiger partial charge in [-0.2, -0.15) is 10.2 Å². The first-order chi connectivity index (χ1) is 13.8. The molecule has 0 unspecified atom stereocenters. The van der Waals surface area contributed by atoms with Crippen molar-refractivity contribution in [2.75, 3.05) is 0 Å². The van der Waals surface area contributed by atoms with Crippen LogP contribution in [-0.4, -0.2) is 26.3 Å². The molecule has 1 amide bonds. The molecule has 1 heterocycles. The van der Waals surface area contributed by atoms with Crippen LogP contribution in [0.5, 0.6) is 0 Å². The smallest absolute Gasteiger partial charge is 0.265 e. The fourth-order valence-corrected chi connectivity index (χ4v) is 3.04. The molecule has 148 valence electrons. The molecule has 0 fully saturated rings. The minimum atomic E-state index is -0.747. The van der Waals surface area contributed by atoms with E-state index in [1.807, 2.05) is 48.5 Å². The number of nitrogens with one attached hydrogen (secondary N) is 1. The molecule has 0 atom stereocenters. The van der Waals surface area contributed by atoms with E-state index in [2.05, 4.69) is 47.5 Å². The average Bonchev–Trinajstić information content (AvgIpc) is 3.12. The average molecular weight is 521 g/mol. The van der Waals surface area contributed by atoms with Gasteiger partial charge < -0.3 is 0 Å². The van der Waals surface area contributed by atoms with Crippen molar-refractivity contribution in [3.05, 3.63) is 90.6 Å². The standard InChI is InChI=1S/C19H15Br2N5O3/c1-12(14-4-8-16(21)9-5-14)22-23-19(27)18-17(26(28)29)11-25(24-18)10-13-2-6-15(20)7-3-13/h2-9,11H,10H2,1H3,(H,23,27)/b22-12+. The predicted octanol–water partition coefficient (Wildman–Crippen LogP) is 4.52. The van der Waals surface area contributed by atoms with E-state index in [4.69, 9.17) is 0 Å². The van der Waals surface area contributed by atoms with Gasteiger partial charge in [0, 0.05) is 8.95 Å². The van der Waals surface area contributed by atoms with Gasteiger partial charge in [0.15, 0.2) is 0 Å². The van der Waals surface area contributed by atoms with Crippen LogP contribution in [0.3, 0.4) is 0 Å². The molecule has 10 heteroatoms.